The van der Waals surface area contributed by atoms with Crippen LogP contribution >= 0.6 is 0 Å². The third kappa shape index (κ3) is 3.46. The summed E-state index contributed by atoms with van der Waals surface area (Å²) in [7, 11) is 0. The number of aliphatic carboxylic acids is 1. The molecule has 0 aromatic carbocycles. The Morgan fingerprint density at radius 2 is 1.94 bits per heavy atom. The van der Waals surface area contributed by atoms with Crippen molar-refractivity contribution in [2.45, 2.75) is 38.2 Å². The van der Waals surface area contributed by atoms with Crippen molar-refractivity contribution in [1.82, 2.24) is 4.90 Å². The topological polar surface area (TPSA) is 49.8 Å². The fraction of sp³-hybridized carbons (Fsp3) is 0.917. The van der Waals surface area contributed by atoms with E-state index in [2.05, 4.69) is 4.90 Å². The van der Waals surface area contributed by atoms with E-state index in [9.17, 15) is 4.79 Å². The van der Waals surface area contributed by atoms with Crippen LogP contribution in [0.15, 0.2) is 0 Å². The third-order valence-electron chi connectivity index (χ3n) is 3.72. The molecule has 0 atom stereocenters. The van der Waals surface area contributed by atoms with Gasteiger partial charge in [-0.1, -0.05) is 6.42 Å². The summed E-state index contributed by atoms with van der Waals surface area (Å²) >= 11 is 0. The van der Waals surface area contributed by atoms with Crippen LogP contribution in [-0.2, 0) is 9.53 Å². The molecule has 1 aliphatic carbocycles. The smallest absolute Gasteiger partial charge is 0.329 e. The van der Waals surface area contributed by atoms with Gasteiger partial charge in [-0.25, -0.2) is 4.79 Å². The molecule has 4 heteroatoms. The summed E-state index contributed by atoms with van der Waals surface area (Å²) in [5, 5.41) is 8.52. The van der Waals surface area contributed by atoms with Crippen LogP contribution in [-0.4, -0.2) is 48.3 Å². The van der Waals surface area contributed by atoms with Gasteiger partial charge < -0.3 is 14.7 Å². The zero-order chi connectivity index (χ0) is 11.4. The minimum atomic E-state index is -0.864. The second kappa shape index (κ2) is 5.64. The minimum absolute atomic E-state index is 0.146. The fourth-order valence-corrected chi connectivity index (χ4v) is 2.49. The van der Waals surface area contributed by atoms with E-state index in [1.807, 2.05) is 0 Å². The zero-order valence-corrected chi connectivity index (χ0v) is 9.73. The number of rotatable bonds is 5. The molecule has 2 fully saturated rings. The van der Waals surface area contributed by atoms with E-state index >= 15 is 0 Å². The summed E-state index contributed by atoms with van der Waals surface area (Å²) in [5.41, 5.74) is 0. The number of piperidine rings is 1. The molecule has 2 rings (SSSR count). The van der Waals surface area contributed by atoms with Crippen LogP contribution in [0, 0.1) is 5.92 Å². The number of hydrogen-bond acceptors (Lipinski definition) is 3. The summed E-state index contributed by atoms with van der Waals surface area (Å²) in [6.07, 6.45) is 6.34. The monoisotopic (exact) mass is 227 g/mol. The summed E-state index contributed by atoms with van der Waals surface area (Å²) < 4.78 is 5.31. The maximum Gasteiger partial charge on any atom is 0.329 e. The van der Waals surface area contributed by atoms with Gasteiger partial charge in [-0.05, 0) is 31.6 Å². The predicted octanol–water partition coefficient (Wildman–Crippen LogP) is 1.35. The first-order valence-electron chi connectivity index (χ1n) is 6.30. The third-order valence-corrected chi connectivity index (χ3v) is 3.72. The number of nitrogens with zero attached hydrogens (tertiary/aromatic N) is 1. The van der Waals surface area contributed by atoms with Crippen molar-refractivity contribution < 1.29 is 14.6 Å². The Morgan fingerprint density at radius 3 is 2.44 bits per heavy atom. The van der Waals surface area contributed by atoms with Crippen LogP contribution in [0.1, 0.15) is 32.1 Å². The first-order valence-corrected chi connectivity index (χ1v) is 6.30. The molecule has 1 N–H and O–H groups in total. The van der Waals surface area contributed by atoms with Crippen molar-refractivity contribution in [3.05, 3.63) is 0 Å². The van der Waals surface area contributed by atoms with Gasteiger partial charge in [0.25, 0.3) is 0 Å². The second-order valence-corrected chi connectivity index (χ2v) is 5.00. The fourth-order valence-electron chi connectivity index (χ4n) is 2.49. The Hall–Kier alpha value is -0.610. The highest BCUT2D eigenvalue weighted by Gasteiger charge is 2.25. The van der Waals surface area contributed by atoms with Gasteiger partial charge in [-0.15, -0.1) is 0 Å². The number of ether oxygens (including phenoxy) is 1. The Labute approximate surface area is 96.6 Å². The number of hydrogen-bond donors (Lipinski definition) is 1. The SMILES string of the molecule is O=C(O)COC1CCN(CC2CCC2)CC1. The van der Waals surface area contributed by atoms with Gasteiger partial charge in [-0.3, -0.25) is 0 Å². The lowest BCUT2D eigenvalue weighted by atomic mass is 9.85. The summed E-state index contributed by atoms with van der Waals surface area (Å²) in [5.74, 6) is 0.0633. The van der Waals surface area contributed by atoms with Crippen LogP contribution in [0.3, 0.4) is 0 Å². The molecule has 0 spiro atoms. The summed E-state index contributed by atoms with van der Waals surface area (Å²) in [4.78, 5) is 12.9. The van der Waals surface area contributed by atoms with Gasteiger partial charge >= 0.3 is 5.97 Å². The van der Waals surface area contributed by atoms with Gasteiger partial charge in [0.2, 0.25) is 0 Å². The number of carboxylic acid groups (broad SMARTS) is 1. The first kappa shape index (κ1) is 11.9. The van der Waals surface area contributed by atoms with Gasteiger partial charge in [-0.2, -0.15) is 0 Å². The van der Waals surface area contributed by atoms with Crippen molar-refractivity contribution in [3.8, 4) is 0 Å². The molecule has 92 valence electrons. The van der Waals surface area contributed by atoms with Crippen LogP contribution in [0.25, 0.3) is 0 Å². The molecule has 2 aliphatic rings. The average Bonchev–Trinajstić information content (AvgIpc) is 2.22. The molecule has 0 radical (unpaired) electrons. The minimum Gasteiger partial charge on any atom is -0.480 e. The van der Waals surface area contributed by atoms with Crippen molar-refractivity contribution in [2.75, 3.05) is 26.2 Å². The highest BCUT2D eigenvalue weighted by molar-refractivity contribution is 5.68. The quantitative estimate of drug-likeness (QED) is 0.770. The molecule has 0 amide bonds. The molecule has 0 unspecified atom stereocenters. The first-order chi connectivity index (χ1) is 7.74. The van der Waals surface area contributed by atoms with Crippen molar-refractivity contribution in [1.29, 1.82) is 0 Å². The lowest BCUT2D eigenvalue weighted by Crippen LogP contribution is -2.41. The maximum absolute atomic E-state index is 10.4. The molecule has 1 aliphatic heterocycles. The van der Waals surface area contributed by atoms with Gasteiger partial charge in [0.15, 0.2) is 0 Å². The van der Waals surface area contributed by atoms with E-state index in [0.29, 0.717) is 0 Å². The van der Waals surface area contributed by atoms with Crippen LogP contribution in [0.2, 0.25) is 0 Å². The molecule has 4 nitrogen and oxygen atoms in total. The molecule has 16 heavy (non-hydrogen) atoms. The normalized spacial score (nSPS) is 24.2. The molecule has 1 saturated carbocycles. The Bertz CT molecular complexity index is 232. The van der Waals surface area contributed by atoms with Crippen LogP contribution < -0.4 is 0 Å². The molecule has 0 aromatic rings. The van der Waals surface area contributed by atoms with E-state index in [1.165, 1.54) is 25.8 Å². The Kier molecular flexibility index (Phi) is 4.18. The second-order valence-electron chi connectivity index (χ2n) is 5.00. The number of carbonyl (C=O) groups is 1. The summed E-state index contributed by atoms with van der Waals surface area (Å²) in [6, 6.07) is 0. The molecule has 1 saturated heterocycles. The highest BCUT2D eigenvalue weighted by Crippen LogP contribution is 2.28. The highest BCUT2D eigenvalue weighted by atomic mass is 16.5. The number of likely N-dealkylation sites (tertiary alicyclic amines) is 1. The summed E-state index contributed by atoms with van der Waals surface area (Å²) in [6.45, 7) is 3.24. The lowest BCUT2D eigenvalue weighted by molar-refractivity contribution is -0.145. The average molecular weight is 227 g/mol. The molecule has 0 aromatic heterocycles. The van der Waals surface area contributed by atoms with Crippen molar-refractivity contribution in [2.24, 2.45) is 5.92 Å². The molecular formula is C12H21NO3. The van der Waals surface area contributed by atoms with Crippen LogP contribution in [0.5, 0.6) is 0 Å². The predicted molar refractivity (Wildman–Crippen MR) is 60.4 cm³/mol. The van der Waals surface area contributed by atoms with E-state index < -0.39 is 5.97 Å². The standard InChI is InChI=1S/C12H21NO3/c14-12(15)9-16-11-4-6-13(7-5-11)8-10-2-1-3-10/h10-11H,1-9H2,(H,14,15). The van der Waals surface area contributed by atoms with Gasteiger partial charge in [0.05, 0.1) is 6.10 Å². The van der Waals surface area contributed by atoms with Crippen molar-refractivity contribution >= 4 is 5.97 Å². The molecule has 1 heterocycles. The van der Waals surface area contributed by atoms with E-state index in [0.717, 1.165) is 31.8 Å². The van der Waals surface area contributed by atoms with Crippen LogP contribution in [0.4, 0.5) is 0 Å². The Balaban J connectivity index is 1.60. The Morgan fingerprint density at radius 1 is 1.25 bits per heavy atom. The van der Waals surface area contributed by atoms with E-state index in [4.69, 9.17) is 9.84 Å². The van der Waals surface area contributed by atoms with E-state index in [1.54, 1.807) is 0 Å². The van der Waals surface area contributed by atoms with Crippen molar-refractivity contribution in [3.63, 3.8) is 0 Å². The van der Waals surface area contributed by atoms with E-state index in [-0.39, 0.29) is 12.7 Å². The molecule has 0 bridgehead atoms. The maximum atomic E-state index is 10.4. The lowest BCUT2D eigenvalue weighted by Gasteiger charge is -2.36. The zero-order valence-electron chi connectivity index (χ0n) is 9.73. The van der Waals surface area contributed by atoms with Gasteiger partial charge in [0.1, 0.15) is 6.61 Å². The van der Waals surface area contributed by atoms with Gasteiger partial charge in [0, 0.05) is 19.6 Å². The molecular weight excluding hydrogens is 206 g/mol. The largest absolute Gasteiger partial charge is 0.480 e. The number of carboxylic acids is 1.